The molecule has 0 radical (unpaired) electrons. The molecule has 4 rings (SSSR count). The Balaban J connectivity index is 1.42. The Bertz CT molecular complexity index is 853. The van der Waals surface area contributed by atoms with Gasteiger partial charge in [-0.1, -0.05) is 43.2 Å². The van der Waals surface area contributed by atoms with Crippen LogP contribution in [-0.4, -0.2) is 31.1 Å². The summed E-state index contributed by atoms with van der Waals surface area (Å²) in [6.45, 7) is 4.12. The van der Waals surface area contributed by atoms with Crippen LogP contribution >= 0.6 is 11.3 Å². The van der Waals surface area contributed by atoms with Gasteiger partial charge in [-0.15, -0.1) is 11.3 Å². The van der Waals surface area contributed by atoms with Crippen LogP contribution in [-0.2, 0) is 0 Å². The first-order valence-corrected chi connectivity index (χ1v) is 11.4. The van der Waals surface area contributed by atoms with Crippen molar-refractivity contribution in [1.29, 1.82) is 0 Å². The van der Waals surface area contributed by atoms with Gasteiger partial charge in [0.25, 0.3) is 0 Å². The van der Waals surface area contributed by atoms with E-state index in [0.717, 1.165) is 24.5 Å². The van der Waals surface area contributed by atoms with Gasteiger partial charge in [0.05, 0.1) is 0 Å². The van der Waals surface area contributed by atoms with E-state index in [9.17, 15) is 4.39 Å². The Hall–Kier alpha value is -2.17. The molecule has 1 fully saturated rings. The van der Waals surface area contributed by atoms with Crippen molar-refractivity contribution in [3.8, 4) is 5.75 Å². The molecule has 29 heavy (non-hydrogen) atoms. The molecule has 4 heteroatoms. The largest absolute Gasteiger partial charge is 0.492 e. The number of rotatable bonds is 7. The third-order valence-electron chi connectivity index (χ3n) is 5.62. The van der Waals surface area contributed by atoms with Crippen LogP contribution in [0.5, 0.6) is 5.75 Å². The number of benzene rings is 2. The van der Waals surface area contributed by atoms with E-state index in [1.807, 2.05) is 12.1 Å². The molecule has 0 bridgehead atoms. The third-order valence-corrected chi connectivity index (χ3v) is 6.56. The fourth-order valence-corrected chi connectivity index (χ4v) is 4.92. The maximum absolute atomic E-state index is 13.4. The Morgan fingerprint density at radius 3 is 2.14 bits per heavy atom. The number of nitrogens with zero attached hydrogens (tertiary/aromatic N) is 1. The molecule has 1 saturated heterocycles. The second-order valence-electron chi connectivity index (χ2n) is 7.67. The number of hydrogen-bond acceptors (Lipinski definition) is 3. The lowest BCUT2D eigenvalue weighted by atomic mass is 9.90. The van der Waals surface area contributed by atoms with E-state index in [1.54, 1.807) is 11.3 Å². The van der Waals surface area contributed by atoms with Crippen molar-refractivity contribution in [2.45, 2.75) is 31.6 Å². The second kappa shape index (κ2) is 10.0. The van der Waals surface area contributed by atoms with Crippen LogP contribution in [0.15, 0.2) is 66.0 Å². The van der Waals surface area contributed by atoms with Crippen LogP contribution in [0, 0.1) is 5.82 Å². The minimum Gasteiger partial charge on any atom is -0.492 e. The number of hydrogen-bond donors (Lipinski definition) is 0. The van der Waals surface area contributed by atoms with Gasteiger partial charge in [0.1, 0.15) is 18.2 Å². The molecule has 0 unspecified atom stereocenters. The summed E-state index contributed by atoms with van der Waals surface area (Å²) < 4.78 is 19.4. The fourth-order valence-electron chi connectivity index (χ4n) is 4.04. The molecule has 0 spiro atoms. The first-order valence-electron chi connectivity index (χ1n) is 10.5. The first kappa shape index (κ1) is 20.1. The van der Waals surface area contributed by atoms with Gasteiger partial charge in [0.15, 0.2) is 0 Å². The van der Waals surface area contributed by atoms with Crippen LogP contribution < -0.4 is 4.74 Å². The fraction of sp³-hybridized carbons (Fsp3) is 0.360. The molecule has 1 aliphatic rings. The Kier molecular flexibility index (Phi) is 6.96. The van der Waals surface area contributed by atoms with E-state index in [2.05, 4.69) is 46.7 Å². The molecule has 0 saturated carbocycles. The van der Waals surface area contributed by atoms with Gasteiger partial charge in [-0.2, -0.15) is 0 Å². The van der Waals surface area contributed by atoms with Crippen LogP contribution in [0.25, 0.3) is 0 Å². The van der Waals surface area contributed by atoms with E-state index < -0.39 is 0 Å². The Morgan fingerprint density at radius 2 is 1.52 bits per heavy atom. The van der Waals surface area contributed by atoms with Crippen molar-refractivity contribution in [3.05, 3.63) is 87.9 Å². The summed E-state index contributed by atoms with van der Waals surface area (Å²) in [6, 6.07) is 19.4. The summed E-state index contributed by atoms with van der Waals surface area (Å²) in [5.41, 5.74) is 2.29. The first-order chi connectivity index (χ1) is 14.3. The summed E-state index contributed by atoms with van der Waals surface area (Å²) in [7, 11) is 0. The smallest absolute Gasteiger partial charge is 0.123 e. The molecular formula is C25H28FNOS. The average Bonchev–Trinajstić information content (AvgIpc) is 3.14. The lowest BCUT2D eigenvalue weighted by Crippen LogP contribution is -2.29. The maximum atomic E-state index is 13.4. The molecule has 1 aliphatic heterocycles. The van der Waals surface area contributed by atoms with Crippen molar-refractivity contribution in [3.63, 3.8) is 0 Å². The molecule has 0 amide bonds. The molecule has 0 N–H and O–H groups in total. The van der Waals surface area contributed by atoms with Crippen LogP contribution in [0.3, 0.4) is 0 Å². The minimum absolute atomic E-state index is 0.113. The van der Waals surface area contributed by atoms with Crippen molar-refractivity contribution in [1.82, 2.24) is 4.90 Å². The Morgan fingerprint density at radius 1 is 0.862 bits per heavy atom. The van der Waals surface area contributed by atoms with E-state index in [-0.39, 0.29) is 11.7 Å². The molecule has 0 aliphatic carbocycles. The van der Waals surface area contributed by atoms with Crippen LogP contribution in [0.2, 0.25) is 0 Å². The van der Waals surface area contributed by atoms with Crippen molar-refractivity contribution < 1.29 is 9.13 Å². The summed E-state index contributed by atoms with van der Waals surface area (Å²) in [5, 5.41) is 2.09. The molecule has 2 nitrogen and oxygen atoms in total. The second-order valence-corrected chi connectivity index (χ2v) is 8.65. The highest BCUT2D eigenvalue weighted by Gasteiger charge is 2.18. The van der Waals surface area contributed by atoms with Gasteiger partial charge in [-0.25, -0.2) is 4.39 Å². The number of halogens is 1. The zero-order valence-electron chi connectivity index (χ0n) is 16.7. The van der Waals surface area contributed by atoms with Gasteiger partial charge in [0, 0.05) is 17.3 Å². The van der Waals surface area contributed by atoms with Gasteiger partial charge in [-0.05, 0) is 72.8 Å². The van der Waals surface area contributed by atoms with Gasteiger partial charge in [0.2, 0.25) is 0 Å². The van der Waals surface area contributed by atoms with Crippen molar-refractivity contribution in [2.75, 3.05) is 26.2 Å². The lowest BCUT2D eigenvalue weighted by molar-refractivity contribution is 0.214. The highest BCUT2D eigenvalue weighted by Crippen LogP contribution is 2.35. The highest BCUT2D eigenvalue weighted by molar-refractivity contribution is 7.10. The van der Waals surface area contributed by atoms with Crippen molar-refractivity contribution >= 4 is 11.3 Å². The predicted octanol–water partition coefficient (Wildman–Crippen LogP) is 6.32. The summed E-state index contributed by atoms with van der Waals surface area (Å²) in [5.74, 6) is 0.821. The van der Waals surface area contributed by atoms with Gasteiger partial charge < -0.3 is 4.74 Å². The van der Waals surface area contributed by atoms with E-state index in [4.69, 9.17) is 4.74 Å². The topological polar surface area (TPSA) is 12.5 Å². The lowest BCUT2D eigenvalue weighted by Gasteiger charge is -2.20. The average molecular weight is 410 g/mol. The van der Waals surface area contributed by atoms with E-state index in [0.29, 0.717) is 0 Å². The summed E-state index contributed by atoms with van der Waals surface area (Å²) >= 11 is 1.73. The summed E-state index contributed by atoms with van der Waals surface area (Å²) in [4.78, 5) is 3.77. The quantitative estimate of drug-likeness (QED) is 0.453. The summed E-state index contributed by atoms with van der Waals surface area (Å²) in [6.07, 6.45) is 5.33. The van der Waals surface area contributed by atoms with Gasteiger partial charge in [-0.3, -0.25) is 4.90 Å². The monoisotopic (exact) mass is 409 g/mol. The zero-order chi connectivity index (χ0) is 19.9. The van der Waals surface area contributed by atoms with E-state index >= 15 is 0 Å². The zero-order valence-corrected chi connectivity index (χ0v) is 17.5. The SMILES string of the molecule is Fc1ccc([C@@H](c2ccc(OCCN3CCCCCC3)cc2)c2cccs2)cc1. The minimum atomic E-state index is -0.202. The molecule has 1 atom stereocenters. The van der Waals surface area contributed by atoms with Crippen molar-refractivity contribution in [2.24, 2.45) is 0 Å². The molecule has 152 valence electrons. The number of thiophene rings is 1. The molecule has 2 heterocycles. The molecule has 3 aromatic rings. The van der Waals surface area contributed by atoms with Crippen LogP contribution in [0.1, 0.15) is 47.6 Å². The van der Waals surface area contributed by atoms with Gasteiger partial charge >= 0.3 is 0 Å². The van der Waals surface area contributed by atoms with E-state index in [1.165, 1.54) is 61.3 Å². The third kappa shape index (κ3) is 5.46. The normalized spacial score (nSPS) is 16.3. The highest BCUT2D eigenvalue weighted by atomic mass is 32.1. The number of likely N-dealkylation sites (tertiary alicyclic amines) is 1. The predicted molar refractivity (Wildman–Crippen MR) is 119 cm³/mol. The maximum Gasteiger partial charge on any atom is 0.123 e. The molecule has 1 aromatic heterocycles. The molecule has 2 aromatic carbocycles. The Labute approximate surface area is 177 Å². The standard InChI is InChI=1S/C25H28FNOS/c26-22-11-7-20(8-12-22)25(24-6-5-19-29-24)21-9-13-23(14-10-21)28-18-17-27-15-3-1-2-4-16-27/h5-14,19,25H,1-4,15-18H2/t25-/m0/s1. The number of ether oxygens (including phenoxy) is 1. The molecular weight excluding hydrogens is 381 g/mol. The van der Waals surface area contributed by atoms with Crippen LogP contribution in [0.4, 0.5) is 4.39 Å².